The Balaban J connectivity index is 2.29. The van der Waals surface area contributed by atoms with Gasteiger partial charge in [-0.3, -0.25) is 5.32 Å². The van der Waals surface area contributed by atoms with Gasteiger partial charge in [0.05, 0.1) is 0 Å². The standard InChI is InChI=1S/C13H15BrFNO2/c1-13(12(17)18,16-7-8-2-3-8)10-5-4-9(14)6-11(10)15/h4-6,8,16H,2-3,7H2,1H3,(H,17,18). The van der Waals surface area contributed by atoms with E-state index in [1.807, 2.05) is 0 Å². The summed E-state index contributed by atoms with van der Waals surface area (Å²) < 4.78 is 14.5. The lowest BCUT2D eigenvalue weighted by Gasteiger charge is -2.27. The van der Waals surface area contributed by atoms with E-state index in [0.717, 1.165) is 12.8 Å². The molecule has 0 saturated heterocycles. The molecule has 1 aliphatic carbocycles. The molecule has 1 fully saturated rings. The van der Waals surface area contributed by atoms with Crippen LogP contribution in [0.3, 0.4) is 0 Å². The van der Waals surface area contributed by atoms with Crippen LogP contribution in [0.25, 0.3) is 0 Å². The topological polar surface area (TPSA) is 49.3 Å². The summed E-state index contributed by atoms with van der Waals surface area (Å²) in [6.07, 6.45) is 2.23. The van der Waals surface area contributed by atoms with Crippen LogP contribution in [0.4, 0.5) is 4.39 Å². The maximum absolute atomic E-state index is 13.9. The van der Waals surface area contributed by atoms with Crippen LogP contribution in [0, 0.1) is 11.7 Å². The molecule has 1 aromatic rings. The van der Waals surface area contributed by atoms with Crippen molar-refractivity contribution < 1.29 is 14.3 Å². The van der Waals surface area contributed by atoms with E-state index < -0.39 is 17.3 Å². The summed E-state index contributed by atoms with van der Waals surface area (Å²) in [5, 5.41) is 12.4. The molecule has 0 heterocycles. The fraction of sp³-hybridized carbons (Fsp3) is 0.462. The zero-order chi connectivity index (χ0) is 13.3. The van der Waals surface area contributed by atoms with Gasteiger partial charge >= 0.3 is 5.97 Å². The van der Waals surface area contributed by atoms with Crippen molar-refractivity contribution in [1.82, 2.24) is 5.32 Å². The molecule has 1 atom stereocenters. The Morgan fingerprint density at radius 3 is 2.78 bits per heavy atom. The van der Waals surface area contributed by atoms with Gasteiger partial charge in [0.1, 0.15) is 11.4 Å². The maximum atomic E-state index is 13.9. The molecule has 3 nitrogen and oxygen atoms in total. The minimum atomic E-state index is -1.38. The number of hydrogen-bond donors (Lipinski definition) is 2. The van der Waals surface area contributed by atoms with E-state index in [1.54, 1.807) is 6.07 Å². The second-order valence-corrected chi connectivity index (χ2v) is 5.79. The molecular formula is C13H15BrFNO2. The number of carboxylic acids is 1. The highest BCUT2D eigenvalue weighted by molar-refractivity contribution is 9.10. The molecule has 5 heteroatoms. The first-order valence-electron chi connectivity index (χ1n) is 5.87. The highest BCUT2D eigenvalue weighted by Crippen LogP contribution is 2.31. The highest BCUT2D eigenvalue weighted by Gasteiger charge is 2.38. The zero-order valence-electron chi connectivity index (χ0n) is 10.0. The van der Waals surface area contributed by atoms with Gasteiger partial charge in [0.15, 0.2) is 0 Å². The minimum Gasteiger partial charge on any atom is -0.480 e. The van der Waals surface area contributed by atoms with Gasteiger partial charge < -0.3 is 5.11 Å². The average Bonchev–Trinajstić information content (AvgIpc) is 3.09. The van der Waals surface area contributed by atoms with Crippen LogP contribution >= 0.6 is 15.9 Å². The van der Waals surface area contributed by atoms with Crippen LogP contribution in [0.1, 0.15) is 25.3 Å². The van der Waals surface area contributed by atoms with Crippen LogP contribution in [0.2, 0.25) is 0 Å². The van der Waals surface area contributed by atoms with Gasteiger partial charge in [0.25, 0.3) is 0 Å². The van der Waals surface area contributed by atoms with E-state index >= 15 is 0 Å². The predicted molar refractivity (Wildman–Crippen MR) is 69.8 cm³/mol. The van der Waals surface area contributed by atoms with Gasteiger partial charge in [-0.2, -0.15) is 0 Å². The Kier molecular flexibility index (Phi) is 3.73. The van der Waals surface area contributed by atoms with Gasteiger partial charge in [-0.1, -0.05) is 22.0 Å². The van der Waals surface area contributed by atoms with Crippen LogP contribution < -0.4 is 5.32 Å². The second kappa shape index (κ2) is 4.97. The molecule has 1 unspecified atom stereocenters. The van der Waals surface area contributed by atoms with E-state index in [-0.39, 0.29) is 5.56 Å². The van der Waals surface area contributed by atoms with Crippen molar-refractivity contribution >= 4 is 21.9 Å². The normalized spacial score (nSPS) is 18.4. The molecule has 0 spiro atoms. The van der Waals surface area contributed by atoms with Crippen LogP contribution in [-0.2, 0) is 10.3 Å². The number of aliphatic carboxylic acids is 1. The number of nitrogens with one attached hydrogen (secondary N) is 1. The molecule has 98 valence electrons. The molecule has 1 aliphatic rings. The molecule has 0 aromatic heterocycles. The molecule has 18 heavy (non-hydrogen) atoms. The lowest BCUT2D eigenvalue weighted by atomic mass is 9.91. The second-order valence-electron chi connectivity index (χ2n) is 4.88. The van der Waals surface area contributed by atoms with Crippen molar-refractivity contribution in [3.8, 4) is 0 Å². The third-order valence-corrected chi connectivity index (χ3v) is 3.83. The van der Waals surface area contributed by atoms with Gasteiger partial charge in [-0.05, 0) is 44.4 Å². The lowest BCUT2D eigenvalue weighted by molar-refractivity contribution is -0.144. The Labute approximate surface area is 114 Å². The van der Waals surface area contributed by atoms with Crippen molar-refractivity contribution in [3.05, 3.63) is 34.1 Å². The van der Waals surface area contributed by atoms with E-state index in [9.17, 15) is 14.3 Å². The third kappa shape index (κ3) is 2.72. The Morgan fingerprint density at radius 1 is 1.61 bits per heavy atom. The SMILES string of the molecule is CC(NCC1CC1)(C(=O)O)c1ccc(Br)cc1F. The average molecular weight is 316 g/mol. The van der Waals surface area contributed by atoms with Gasteiger partial charge in [0, 0.05) is 10.0 Å². The molecule has 2 N–H and O–H groups in total. The summed E-state index contributed by atoms with van der Waals surface area (Å²) in [7, 11) is 0. The quantitative estimate of drug-likeness (QED) is 0.878. The smallest absolute Gasteiger partial charge is 0.328 e. The zero-order valence-corrected chi connectivity index (χ0v) is 11.6. The van der Waals surface area contributed by atoms with Crippen LogP contribution in [0.5, 0.6) is 0 Å². The first-order chi connectivity index (χ1) is 8.43. The Bertz CT molecular complexity index is 476. The third-order valence-electron chi connectivity index (χ3n) is 3.34. The minimum absolute atomic E-state index is 0.166. The predicted octanol–water partition coefficient (Wildman–Crippen LogP) is 2.89. The summed E-state index contributed by atoms with van der Waals surface area (Å²) in [5.74, 6) is -1.05. The van der Waals surface area contributed by atoms with Crippen LogP contribution in [0.15, 0.2) is 22.7 Å². The van der Waals surface area contributed by atoms with Crippen molar-refractivity contribution in [2.24, 2.45) is 5.92 Å². The number of halogens is 2. The maximum Gasteiger partial charge on any atom is 0.328 e. The first kappa shape index (κ1) is 13.5. The summed E-state index contributed by atoms with van der Waals surface area (Å²) in [4.78, 5) is 11.5. The fourth-order valence-corrected chi connectivity index (χ4v) is 2.18. The van der Waals surface area contributed by atoms with E-state index in [1.165, 1.54) is 19.1 Å². The monoisotopic (exact) mass is 315 g/mol. The van der Waals surface area contributed by atoms with Gasteiger partial charge in [-0.15, -0.1) is 0 Å². The molecule has 0 bridgehead atoms. The Morgan fingerprint density at radius 2 is 2.28 bits per heavy atom. The molecule has 0 radical (unpaired) electrons. The van der Waals surface area contributed by atoms with E-state index in [0.29, 0.717) is 16.9 Å². The number of benzene rings is 1. The van der Waals surface area contributed by atoms with E-state index in [4.69, 9.17) is 0 Å². The summed E-state index contributed by atoms with van der Waals surface area (Å²) in [6.45, 7) is 2.11. The van der Waals surface area contributed by atoms with Crippen molar-refractivity contribution in [2.45, 2.75) is 25.3 Å². The van der Waals surface area contributed by atoms with Crippen molar-refractivity contribution in [1.29, 1.82) is 0 Å². The molecule has 1 aromatic carbocycles. The summed E-state index contributed by atoms with van der Waals surface area (Å²) in [6, 6.07) is 4.45. The molecule has 0 amide bonds. The summed E-state index contributed by atoms with van der Waals surface area (Å²) in [5.41, 5.74) is -1.22. The lowest BCUT2D eigenvalue weighted by Crippen LogP contribution is -2.48. The largest absolute Gasteiger partial charge is 0.480 e. The highest BCUT2D eigenvalue weighted by atomic mass is 79.9. The van der Waals surface area contributed by atoms with Crippen molar-refractivity contribution in [2.75, 3.05) is 6.54 Å². The van der Waals surface area contributed by atoms with Crippen LogP contribution in [-0.4, -0.2) is 17.6 Å². The fourth-order valence-electron chi connectivity index (χ4n) is 1.85. The van der Waals surface area contributed by atoms with E-state index in [2.05, 4.69) is 21.2 Å². The molecular weight excluding hydrogens is 301 g/mol. The molecule has 2 rings (SSSR count). The number of carbonyl (C=O) groups is 1. The van der Waals surface area contributed by atoms with Crippen molar-refractivity contribution in [3.63, 3.8) is 0 Å². The van der Waals surface area contributed by atoms with Gasteiger partial charge in [-0.25, -0.2) is 9.18 Å². The van der Waals surface area contributed by atoms with Gasteiger partial charge in [0.2, 0.25) is 0 Å². The number of rotatable bonds is 5. The molecule has 0 aliphatic heterocycles. The summed E-state index contributed by atoms with van der Waals surface area (Å²) >= 11 is 3.16. The number of hydrogen-bond acceptors (Lipinski definition) is 2. The molecule has 1 saturated carbocycles. The Hall–Kier alpha value is -0.940. The first-order valence-corrected chi connectivity index (χ1v) is 6.67. The number of carboxylic acid groups (broad SMARTS) is 1.